The second-order valence-electron chi connectivity index (χ2n) is 6.35. The highest BCUT2D eigenvalue weighted by molar-refractivity contribution is 5.96. The molecule has 1 heterocycles. The largest absolute Gasteiger partial charge is 0.478 e. The van der Waals surface area contributed by atoms with Crippen LogP contribution in [0.15, 0.2) is 42.5 Å². The first-order valence-corrected chi connectivity index (χ1v) is 8.16. The fraction of sp³-hybridized carbons (Fsp3) is 0.263. The molecule has 0 spiro atoms. The molecule has 7 heteroatoms. The number of aromatic carboxylic acids is 1. The third-order valence-corrected chi connectivity index (χ3v) is 4.64. The van der Waals surface area contributed by atoms with E-state index >= 15 is 0 Å². The molecule has 0 aromatic heterocycles. The van der Waals surface area contributed by atoms with E-state index in [0.717, 1.165) is 12.1 Å². The van der Waals surface area contributed by atoms with Gasteiger partial charge in [0, 0.05) is 12.1 Å². The van der Waals surface area contributed by atoms with Crippen LogP contribution in [-0.2, 0) is 0 Å². The number of carboxylic acid groups (broad SMARTS) is 1. The molecule has 0 radical (unpaired) electrons. The molecule has 0 saturated carbocycles. The van der Waals surface area contributed by atoms with Gasteiger partial charge in [-0.25, -0.2) is 13.6 Å². The van der Waals surface area contributed by atoms with E-state index in [-0.39, 0.29) is 23.6 Å². The molecule has 2 aromatic rings. The van der Waals surface area contributed by atoms with E-state index in [1.807, 2.05) is 11.9 Å². The molecule has 1 saturated heterocycles. The van der Waals surface area contributed by atoms with E-state index < -0.39 is 17.6 Å². The number of carbonyl (C=O) groups is 2. The van der Waals surface area contributed by atoms with Crippen molar-refractivity contribution >= 4 is 11.9 Å². The lowest BCUT2D eigenvalue weighted by atomic mass is 9.99. The Labute approximate surface area is 149 Å². The zero-order valence-electron chi connectivity index (χ0n) is 14.1. The maximum absolute atomic E-state index is 13.6. The van der Waals surface area contributed by atoms with Crippen LogP contribution in [0.4, 0.5) is 8.78 Å². The summed E-state index contributed by atoms with van der Waals surface area (Å²) in [4.78, 5) is 25.3. The summed E-state index contributed by atoms with van der Waals surface area (Å²) in [6.07, 6.45) is 0.666. The van der Waals surface area contributed by atoms with Crippen molar-refractivity contribution in [2.24, 2.45) is 0 Å². The van der Waals surface area contributed by atoms with Gasteiger partial charge < -0.3 is 10.4 Å². The average Bonchev–Trinajstić information content (AvgIpc) is 2.97. The third-order valence-electron chi connectivity index (χ3n) is 4.64. The molecule has 2 aromatic carbocycles. The number of benzene rings is 2. The maximum Gasteiger partial charge on any atom is 0.335 e. The molecule has 2 atom stereocenters. The predicted octanol–water partition coefficient (Wildman–Crippen LogP) is 2.84. The molecule has 3 rings (SSSR count). The van der Waals surface area contributed by atoms with Gasteiger partial charge in [-0.15, -0.1) is 0 Å². The highest BCUT2D eigenvalue weighted by Crippen LogP contribution is 2.32. The number of rotatable bonds is 4. The Bertz CT molecular complexity index is 839. The topological polar surface area (TPSA) is 69.6 Å². The number of halogens is 2. The molecule has 2 unspecified atom stereocenters. The van der Waals surface area contributed by atoms with Crippen molar-refractivity contribution in [2.75, 3.05) is 13.6 Å². The molecular weight excluding hydrogens is 342 g/mol. The van der Waals surface area contributed by atoms with Crippen LogP contribution >= 0.6 is 0 Å². The maximum atomic E-state index is 13.6. The molecular formula is C19H18F2N2O3. The van der Waals surface area contributed by atoms with Gasteiger partial charge in [0.05, 0.1) is 17.6 Å². The minimum atomic E-state index is -1.06. The molecule has 26 heavy (non-hydrogen) atoms. The van der Waals surface area contributed by atoms with Gasteiger partial charge in [0.25, 0.3) is 5.91 Å². The third kappa shape index (κ3) is 3.57. The van der Waals surface area contributed by atoms with Crippen LogP contribution < -0.4 is 5.32 Å². The van der Waals surface area contributed by atoms with Crippen molar-refractivity contribution in [2.45, 2.75) is 18.5 Å². The second-order valence-corrected chi connectivity index (χ2v) is 6.35. The van der Waals surface area contributed by atoms with E-state index in [2.05, 4.69) is 5.32 Å². The van der Waals surface area contributed by atoms with Crippen LogP contribution in [0.25, 0.3) is 0 Å². The predicted molar refractivity (Wildman–Crippen MR) is 91.0 cm³/mol. The van der Waals surface area contributed by atoms with Crippen molar-refractivity contribution in [1.82, 2.24) is 10.2 Å². The number of likely N-dealkylation sites (tertiary alicyclic amines) is 1. The fourth-order valence-corrected chi connectivity index (χ4v) is 3.30. The number of nitrogens with one attached hydrogen (secondary N) is 1. The summed E-state index contributed by atoms with van der Waals surface area (Å²) in [6.45, 7) is 0.701. The second kappa shape index (κ2) is 7.21. The molecule has 0 aliphatic carbocycles. The number of likely N-dealkylation sites (N-methyl/N-ethyl adjacent to an activating group) is 1. The molecule has 136 valence electrons. The van der Waals surface area contributed by atoms with Crippen LogP contribution in [0.3, 0.4) is 0 Å². The highest BCUT2D eigenvalue weighted by atomic mass is 19.2. The van der Waals surface area contributed by atoms with E-state index in [1.165, 1.54) is 30.3 Å². The lowest BCUT2D eigenvalue weighted by Crippen LogP contribution is -2.39. The van der Waals surface area contributed by atoms with Gasteiger partial charge in [-0.2, -0.15) is 0 Å². The highest BCUT2D eigenvalue weighted by Gasteiger charge is 2.34. The molecule has 1 aliphatic heterocycles. The number of hydrogen-bond donors (Lipinski definition) is 2. The van der Waals surface area contributed by atoms with E-state index in [9.17, 15) is 18.4 Å². The number of nitrogens with zero attached hydrogens (tertiary/aromatic N) is 1. The molecule has 1 amide bonds. The minimum Gasteiger partial charge on any atom is -0.478 e. The summed E-state index contributed by atoms with van der Waals surface area (Å²) in [5.41, 5.74) is 1.03. The summed E-state index contributed by atoms with van der Waals surface area (Å²) in [5.74, 6) is -3.23. The normalized spacial score (nSPS) is 20.1. The summed E-state index contributed by atoms with van der Waals surface area (Å²) in [7, 11) is 1.86. The van der Waals surface area contributed by atoms with Gasteiger partial charge in [0.15, 0.2) is 11.6 Å². The molecule has 1 aliphatic rings. The monoisotopic (exact) mass is 360 g/mol. The van der Waals surface area contributed by atoms with Crippen molar-refractivity contribution in [3.8, 4) is 0 Å². The van der Waals surface area contributed by atoms with Gasteiger partial charge in [0.2, 0.25) is 0 Å². The molecule has 1 fully saturated rings. The lowest BCUT2D eigenvalue weighted by molar-refractivity contribution is 0.0696. The quantitative estimate of drug-likeness (QED) is 0.880. The van der Waals surface area contributed by atoms with Crippen molar-refractivity contribution < 1.29 is 23.5 Å². The molecule has 0 bridgehead atoms. The first kappa shape index (κ1) is 18.0. The van der Waals surface area contributed by atoms with Gasteiger partial charge in [-0.05, 0) is 55.4 Å². The van der Waals surface area contributed by atoms with Gasteiger partial charge in [-0.3, -0.25) is 9.69 Å². The Morgan fingerprint density at radius 1 is 1.08 bits per heavy atom. The van der Waals surface area contributed by atoms with E-state index in [4.69, 9.17) is 5.11 Å². The number of hydrogen-bond acceptors (Lipinski definition) is 3. The Kier molecular flexibility index (Phi) is 4.99. The summed E-state index contributed by atoms with van der Waals surface area (Å²) in [6, 6.07) is 8.85. The van der Waals surface area contributed by atoms with Crippen LogP contribution in [-0.4, -0.2) is 41.5 Å². The van der Waals surface area contributed by atoms with E-state index in [1.54, 1.807) is 0 Å². The number of amides is 1. The Balaban J connectivity index is 1.77. The smallest absolute Gasteiger partial charge is 0.335 e. The average molecular weight is 360 g/mol. The van der Waals surface area contributed by atoms with Crippen LogP contribution in [0.1, 0.15) is 38.7 Å². The molecule has 5 nitrogen and oxygen atoms in total. The van der Waals surface area contributed by atoms with Crippen LogP contribution in [0, 0.1) is 11.6 Å². The fourth-order valence-electron chi connectivity index (χ4n) is 3.30. The standard InChI is InChI=1S/C19H18F2N2O3/c1-23-9-8-16(17(23)13-6-7-14(20)15(21)10-13)22-18(24)11-2-4-12(5-3-11)19(25)26/h2-7,10,16-17H,8-9H2,1H3,(H,22,24)(H,25,26). The summed E-state index contributed by atoms with van der Waals surface area (Å²) >= 11 is 0. The van der Waals surface area contributed by atoms with Crippen LogP contribution in [0.2, 0.25) is 0 Å². The first-order chi connectivity index (χ1) is 12.4. The van der Waals surface area contributed by atoms with Gasteiger partial charge >= 0.3 is 5.97 Å². The van der Waals surface area contributed by atoms with Crippen molar-refractivity contribution in [3.05, 3.63) is 70.8 Å². The summed E-state index contributed by atoms with van der Waals surface area (Å²) < 4.78 is 26.8. The first-order valence-electron chi connectivity index (χ1n) is 8.16. The van der Waals surface area contributed by atoms with Crippen molar-refractivity contribution in [1.29, 1.82) is 0 Å². The Hall–Kier alpha value is -2.80. The lowest BCUT2D eigenvalue weighted by Gasteiger charge is -2.26. The van der Waals surface area contributed by atoms with E-state index in [0.29, 0.717) is 24.1 Å². The minimum absolute atomic E-state index is 0.0989. The summed E-state index contributed by atoms with van der Waals surface area (Å²) in [5, 5.41) is 11.8. The number of carbonyl (C=O) groups excluding carboxylic acids is 1. The van der Waals surface area contributed by atoms with Crippen molar-refractivity contribution in [3.63, 3.8) is 0 Å². The van der Waals surface area contributed by atoms with Crippen LogP contribution in [0.5, 0.6) is 0 Å². The molecule has 2 N–H and O–H groups in total. The Morgan fingerprint density at radius 3 is 2.35 bits per heavy atom. The zero-order valence-corrected chi connectivity index (χ0v) is 14.1. The van der Waals surface area contributed by atoms with Gasteiger partial charge in [0.1, 0.15) is 0 Å². The van der Waals surface area contributed by atoms with Gasteiger partial charge in [-0.1, -0.05) is 6.07 Å². The number of carboxylic acids is 1. The zero-order chi connectivity index (χ0) is 18.8. The SMILES string of the molecule is CN1CCC(NC(=O)c2ccc(C(=O)O)cc2)C1c1ccc(F)c(F)c1. The Morgan fingerprint density at radius 2 is 1.73 bits per heavy atom.